The maximum atomic E-state index is 12.7. The second kappa shape index (κ2) is 6.16. The first-order valence-corrected chi connectivity index (χ1v) is 8.36. The molecule has 1 atom stereocenters. The van der Waals surface area contributed by atoms with Crippen molar-refractivity contribution in [2.45, 2.75) is 19.4 Å². The summed E-state index contributed by atoms with van der Waals surface area (Å²) in [6.45, 7) is 3.46. The van der Waals surface area contributed by atoms with Crippen molar-refractivity contribution in [2.75, 3.05) is 13.1 Å². The molecule has 0 saturated carbocycles. The van der Waals surface area contributed by atoms with E-state index in [0.717, 1.165) is 30.0 Å². The fourth-order valence-corrected chi connectivity index (χ4v) is 3.50. The molecule has 3 aromatic rings. The van der Waals surface area contributed by atoms with E-state index in [1.807, 2.05) is 29.4 Å². The van der Waals surface area contributed by atoms with Crippen molar-refractivity contribution in [1.29, 1.82) is 0 Å². The lowest BCUT2D eigenvalue weighted by Crippen LogP contribution is -2.30. The Hall–Kier alpha value is -2.96. The molecule has 4 rings (SSSR count). The number of imidazole rings is 1. The van der Waals surface area contributed by atoms with Crippen LogP contribution in [0.4, 0.5) is 0 Å². The molecule has 1 aliphatic heterocycles. The van der Waals surface area contributed by atoms with Gasteiger partial charge >= 0.3 is 0 Å². The summed E-state index contributed by atoms with van der Waals surface area (Å²) in [6, 6.07) is 5.91. The van der Waals surface area contributed by atoms with E-state index in [1.54, 1.807) is 30.2 Å². The van der Waals surface area contributed by atoms with Crippen LogP contribution < -0.4 is 0 Å². The van der Waals surface area contributed by atoms with Crippen molar-refractivity contribution in [2.24, 2.45) is 7.05 Å². The summed E-state index contributed by atoms with van der Waals surface area (Å²) in [5.41, 5.74) is 2.71. The largest absolute Gasteiger partial charge is 0.335 e. The number of hydrogen-bond acceptors (Lipinski definition) is 4. The number of nitrogens with zero attached hydrogens (tertiary/aromatic N) is 6. The molecular formula is C18H20N6O. The molecule has 7 heteroatoms. The number of hydrogen-bond donors (Lipinski definition) is 0. The standard InChI is InChI=1S/C18H20N6O/c1-13-10-20-17(14-4-3-7-19-11-14)24(13)15-6-9-23(12-15)18(25)16-5-8-21-22(16)2/h3-5,7-8,10-11,15H,6,9,12H2,1-2H3. The third-order valence-electron chi connectivity index (χ3n) is 4.76. The topological polar surface area (TPSA) is 68.8 Å². The van der Waals surface area contributed by atoms with Crippen LogP contribution in [0, 0.1) is 6.92 Å². The maximum absolute atomic E-state index is 12.7. The number of carbonyl (C=O) groups excluding carboxylic acids is 1. The molecule has 0 aromatic carbocycles. The van der Waals surface area contributed by atoms with Crippen molar-refractivity contribution in [1.82, 2.24) is 29.2 Å². The van der Waals surface area contributed by atoms with E-state index in [2.05, 4.69) is 26.6 Å². The van der Waals surface area contributed by atoms with Gasteiger partial charge in [0.2, 0.25) is 0 Å². The third kappa shape index (κ3) is 2.71. The minimum atomic E-state index is 0.0307. The quantitative estimate of drug-likeness (QED) is 0.734. The van der Waals surface area contributed by atoms with Gasteiger partial charge in [0.05, 0.1) is 6.04 Å². The van der Waals surface area contributed by atoms with E-state index in [9.17, 15) is 4.79 Å². The highest BCUT2D eigenvalue weighted by molar-refractivity contribution is 5.92. The minimum Gasteiger partial charge on any atom is -0.335 e. The predicted octanol–water partition coefficient (Wildman–Crippen LogP) is 2.07. The van der Waals surface area contributed by atoms with Crippen molar-refractivity contribution >= 4 is 5.91 Å². The minimum absolute atomic E-state index is 0.0307. The molecule has 1 amide bonds. The summed E-state index contributed by atoms with van der Waals surface area (Å²) in [6.07, 6.45) is 8.03. The molecule has 4 heterocycles. The van der Waals surface area contributed by atoms with E-state index < -0.39 is 0 Å². The molecule has 3 aromatic heterocycles. The molecule has 0 N–H and O–H groups in total. The van der Waals surface area contributed by atoms with Crippen LogP contribution in [0.1, 0.15) is 28.6 Å². The van der Waals surface area contributed by atoms with E-state index in [-0.39, 0.29) is 11.9 Å². The second-order valence-electron chi connectivity index (χ2n) is 6.37. The van der Waals surface area contributed by atoms with Crippen LogP contribution in [0.15, 0.2) is 43.0 Å². The molecule has 1 saturated heterocycles. The van der Waals surface area contributed by atoms with Gasteiger partial charge in [0.15, 0.2) is 0 Å². The molecule has 1 aliphatic rings. The molecule has 25 heavy (non-hydrogen) atoms. The Kier molecular flexibility index (Phi) is 3.83. The first kappa shape index (κ1) is 15.6. The van der Waals surface area contributed by atoms with E-state index in [1.165, 1.54) is 0 Å². The number of aryl methyl sites for hydroxylation is 2. The number of rotatable bonds is 3. The molecule has 0 bridgehead atoms. The fraction of sp³-hybridized carbons (Fsp3) is 0.333. The van der Waals surface area contributed by atoms with Crippen molar-refractivity contribution in [3.63, 3.8) is 0 Å². The summed E-state index contributed by atoms with van der Waals surface area (Å²) in [5.74, 6) is 0.939. The Morgan fingerprint density at radius 3 is 2.84 bits per heavy atom. The Labute approximate surface area is 145 Å². The monoisotopic (exact) mass is 336 g/mol. The Balaban J connectivity index is 1.60. The number of likely N-dealkylation sites (tertiary alicyclic amines) is 1. The molecular weight excluding hydrogens is 316 g/mol. The van der Waals surface area contributed by atoms with Gasteiger partial charge in [-0.1, -0.05) is 0 Å². The molecule has 0 aliphatic carbocycles. The van der Waals surface area contributed by atoms with Crippen LogP contribution in [0.2, 0.25) is 0 Å². The van der Waals surface area contributed by atoms with Crippen molar-refractivity contribution < 1.29 is 4.79 Å². The lowest BCUT2D eigenvalue weighted by molar-refractivity contribution is 0.0776. The van der Waals surface area contributed by atoms with Crippen LogP contribution in [-0.4, -0.2) is 48.2 Å². The zero-order valence-electron chi connectivity index (χ0n) is 14.3. The number of aromatic nitrogens is 5. The maximum Gasteiger partial charge on any atom is 0.272 e. The zero-order valence-corrected chi connectivity index (χ0v) is 14.3. The molecule has 128 valence electrons. The van der Waals surface area contributed by atoms with Crippen molar-refractivity contribution in [3.05, 3.63) is 54.4 Å². The third-order valence-corrected chi connectivity index (χ3v) is 4.76. The van der Waals surface area contributed by atoms with Gasteiger partial charge in [-0.2, -0.15) is 5.10 Å². The van der Waals surface area contributed by atoms with Gasteiger partial charge in [-0.25, -0.2) is 4.98 Å². The molecule has 0 spiro atoms. The van der Waals surface area contributed by atoms with E-state index in [4.69, 9.17) is 0 Å². The Morgan fingerprint density at radius 1 is 1.24 bits per heavy atom. The summed E-state index contributed by atoms with van der Waals surface area (Å²) in [5, 5.41) is 4.09. The number of amides is 1. The van der Waals surface area contributed by atoms with Crippen LogP contribution in [0.5, 0.6) is 0 Å². The van der Waals surface area contributed by atoms with Gasteiger partial charge in [0.1, 0.15) is 11.5 Å². The average Bonchev–Trinajstić information content (AvgIpc) is 3.34. The first-order chi connectivity index (χ1) is 12.1. The van der Waals surface area contributed by atoms with Crippen LogP contribution in [-0.2, 0) is 7.05 Å². The lowest BCUT2D eigenvalue weighted by atomic mass is 10.2. The Morgan fingerprint density at radius 2 is 2.12 bits per heavy atom. The van der Waals surface area contributed by atoms with Gasteiger partial charge in [-0.15, -0.1) is 0 Å². The normalized spacial score (nSPS) is 17.2. The Bertz CT molecular complexity index is 897. The smallest absolute Gasteiger partial charge is 0.272 e. The highest BCUT2D eigenvalue weighted by Gasteiger charge is 2.31. The average molecular weight is 336 g/mol. The van der Waals surface area contributed by atoms with Gasteiger partial charge in [0, 0.05) is 56.2 Å². The van der Waals surface area contributed by atoms with Gasteiger partial charge < -0.3 is 9.47 Å². The highest BCUT2D eigenvalue weighted by Crippen LogP contribution is 2.29. The summed E-state index contributed by atoms with van der Waals surface area (Å²) in [4.78, 5) is 23.4. The van der Waals surface area contributed by atoms with Gasteiger partial charge in [0.25, 0.3) is 5.91 Å². The van der Waals surface area contributed by atoms with E-state index in [0.29, 0.717) is 12.2 Å². The van der Waals surface area contributed by atoms with E-state index >= 15 is 0 Å². The van der Waals surface area contributed by atoms with Gasteiger partial charge in [-0.3, -0.25) is 14.5 Å². The number of pyridine rings is 1. The molecule has 1 fully saturated rings. The van der Waals surface area contributed by atoms with Crippen molar-refractivity contribution in [3.8, 4) is 11.4 Å². The van der Waals surface area contributed by atoms with Crippen LogP contribution in [0.25, 0.3) is 11.4 Å². The lowest BCUT2D eigenvalue weighted by Gasteiger charge is -2.19. The second-order valence-corrected chi connectivity index (χ2v) is 6.37. The molecule has 7 nitrogen and oxygen atoms in total. The summed E-state index contributed by atoms with van der Waals surface area (Å²) >= 11 is 0. The molecule has 0 radical (unpaired) electrons. The van der Waals surface area contributed by atoms with Crippen LogP contribution >= 0.6 is 0 Å². The highest BCUT2D eigenvalue weighted by atomic mass is 16.2. The summed E-state index contributed by atoms with van der Waals surface area (Å²) < 4.78 is 3.85. The molecule has 1 unspecified atom stereocenters. The summed E-state index contributed by atoms with van der Waals surface area (Å²) in [7, 11) is 1.79. The van der Waals surface area contributed by atoms with Crippen LogP contribution in [0.3, 0.4) is 0 Å². The fourth-order valence-electron chi connectivity index (χ4n) is 3.50. The first-order valence-electron chi connectivity index (χ1n) is 8.36. The SMILES string of the molecule is Cc1cnc(-c2cccnc2)n1C1CCN(C(=O)c2ccnn2C)C1. The number of carbonyl (C=O) groups is 1. The predicted molar refractivity (Wildman–Crippen MR) is 93.0 cm³/mol. The van der Waals surface area contributed by atoms with Gasteiger partial charge in [-0.05, 0) is 31.5 Å². The zero-order chi connectivity index (χ0) is 17.4.